The molecule has 0 saturated heterocycles. The van der Waals surface area contributed by atoms with Gasteiger partial charge in [-0.3, -0.25) is 0 Å². The van der Waals surface area contributed by atoms with Gasteiger partial charge in [0.05, 0.1) is 0 Å². The molecule has 1 aromatic carbocycles. The summed E-state index contributed by atoms with van der Waals surface area (Å²) >= 11 is 0. The lowest BCUT2D eigenvalue weighted by Crippen LogP contribution is -2.16. The number of aryl methyl sites for hydroxylation is 2. The quantitative estimate of drug-likeness (QED) is 0.478. The SMILES string of the molecule is CCCCCCCCC1CCc2nc(-c3ccc(CC)cc3)ncc2C1. The van der Waals surface area contributed by atoms with Crippen molar-refractivity contribution < 1.29 is 0 Å². The van der Waals surface area contributed by atoms with Gasteiger partial charge in [0, 0.05) is 17.5 Å². The first-order valence-corrected chi connectivity index (χ1v) is 10.7. The Morgan fingerprint density at radius 1 is 0.962 bits per heavy atom. The van der Waals surface area contributed by atoms with E-state index in [2.05, 4.69) is 49.3 Å². The van der Waals surface area contributed by atoms with E-state index in [9.17, 15) is 0 Å². The fraction of sp³-hybridized carbons (Fsp3) is 0.583. The van der Waals surface area contributed by atoms with Crippen LogP contribution < -0.4 is 0 Å². The van der Waals surface area contributed by atoms with Crippen LogP contribution in [0.3, 0.4) is 0 Å². The third kappa shape index (κ3) is 5.16. The van der Waals surface area contributed by atoms with E-state index in [4.69, 9.17) is 4.98 Å². The van der Waals surface area contributed by atoms with Gasteiger partial charge in [-0.2, -0.15) is 0 Å². The molecule has 0 bridgehead atoms. The van der Waals surface area contributed by atoms with E-state index in [1.165, 1.54) is 74.6 Å². The maximum absolute atomic E-state index is 4.89. The summed E-state index contributed by atoms with van der Waals surface area (Å²) in [5.74, 6) is 1.73. The van der Waals surface area contributed by atoms with Crippen LogP contribution in [0.5, 0.6) is 0 Å². The topological polar surface area (TPSA) is 25.8 Å². The van der Waals surface area contributed by atoms with Crippen molar-refractivity contribution in [2.45, 2.75) is 84.5 Å². The lowest BCUT2D eigenvalue weighted by Gasteiger charge is -2.24. The molecule has 1 aliphatic rings. The van der Waals surface area contributed by atoms with E-state index in [0.29, 0.717) is 0 Å². The molecule has 1 heterocycles. The molecule has 1 atom stereocenters. The minimum Gasteiger partial charge on any atom is -0.236 e. The van der Waals surface area contributed by atoms with Gasteiger partial charge in [-0.25, -0.2) is 9.97 Å². The monoisotopic (exact) mass is 350 g/mol. The first-order valence-electron chi connectivity index (χ1n) is 10.7. The number of unbranched alkanes of at least 4 members (excludes halogenated alkanes) is 5. The zero-order valence-corrected chi connectivity index (χ0v) is 16.6. The van der Waals surface area contributed by atoms with E-state index in [0.717, 1.165) is 30.1 Å². The van der Waals surface area contributed by atoms with E-state index in [1.54, 1.807) is 0 Å². The number of rotatable bonds is 9. The molecule has 140 valence electrons. The average Bonchev–Trinajstić information content (AvgIpc) is 2.70. The summed E-state index contributed by atoms with van der Waals surface area (Å²) in [4.78, 5) is 9.56. The maximum Gasteiger partial charge on any atom is 0.159 e. The summed E-state index contributed by atoms with van der Waals surface area (Å²) in [6.07, 6.45) is 16.5. The summed E-state index contributed by atoms with van der Waals surface area (Å²) in [5.41, 5.74) is 5.18. The van der Waals surface area contributed by atoms with Crippen molar-refractivity contribution in [3.8, 4) is 11.4 Å². The highest BCUT2D eigenvalue weighted by Gasteiger charge is 2.20. The predicted molar refractivity (Wildman–Crippen MR) is 110 cm³/mol. The Balaban J connectivity index is 1.53. The number of aromatic nitrogens is 2. The number of fused-ring (bicyclic) bond motifs is 1. The van der Waals surface area contributed by atoms with Gasteiger partial charge in [0.1, 0.15) is 0 Å². The highest BCUT2D eigenvalue weighted by Crippen LogP contribution is 2.29. The maximum atomic E-state index is 4.89. The molecule has 2 nitrogen and oxygen atoms in total. The van der Waals surface area contributed by atoms with E-state index in [-0.39, 0.29) is 0 Å². The lowest BCUT2D eigenvalue weighted by atomic mass is 9.84. The molecule has 1 aliphatic carbocycles. The van der Waals surface area contributed by atoms with Crippen LogP contribution in [0, 0.1) is 5.92 Å². The number of benzene rings is 1. The summed E-state index contributed by atoms with van der Waals surface area (Å²) < 4.78 is 0. The van der Waals surface area contributed by atoms with Crippen LogP contribution >= 0.6 is 0 Å². The van der Waals surface area contributed by atoms with E-state index in [1.807, 2.05) is 0 Å². The van der Waals surface area contributed by atoms with E-state index < -0.39 is 0 Å². The Labute approximate surface area is 159 Å². The van der Waals surface area contributed by atoms with Crippen molar-refractivity contribution in [3.63, 3.8) is 0 Å². The molecular formula is C24H34N2. The molecular weight excluding hydrogens is 316 g/mol. The lowest BCUT2D eigenvalue weighted by molar-refractivity contribution is 0.400. The second kappa shape index (κ2) is 9.85. The zero-order chi connectivity index (χ0) is 18.2. The zero-order valence-electron chi connectivity index (χ0n) is 16.6. The van der Waals surface area contributed by atoms with Crippen LogP contribution in [0.15, 0.2) is 30.5 Å². The minimum absolute atomic E-state index is 0.840. The smallest absolute Gasteiger partial charge is 0.159 e. The molecule has 0 saturated carbocycles. The first-order chi connectivity index (χ1) is 12.8. The predicted octanol–water partition coefficient (Wildman–Crippen LogP) is 6.56. The standard InChI is InChI=1S/C24H34N2/c1-3-5-6-7-8-9-10-20-13-16-23-22(17-20)18-25-24(26-23)21-14-11-19(4-2)12-15-21/h11-12,14-15,18,20H,3-10,13,16-17H2,1-2H3. The van der Waals surface area contributed by atoms with Crippen LogP contribution in [0.1, 0.15) is 82.0 Å². The second-order valence-electron chi connectivity index (χ2n) is 7.88. The van der Waals surface area contributed by atoms with Crippen LogP contribution in [-0.4, -0.2) is 9.97 Å². The molecule has 0 radical (unpaired) electrons. The van der Waals surface area contributed by atoms with Gasteiger partial charge < -0.3 is 0 Å². The molecule has 0 N–H and O–H groups in total. The Morgan fingerprint density at radius 2 is 1.73 bits per heavy atom. The van der Waals surface area contributed by atoms with Crippen LogP contribution in [-0.2, 0) is 19.3 Å². The second-order valence-corrected chi connectivity index (χ2v) is 7.88. The molecule has 0 fully saturated rings. The van der Waals surface area contributed by atoms with Crippen molar-refractivity contribution in [1.82, 2.24) is 9.97 Å². The van der Waals surface area contributed by atoms with Crippen LogP contribution in [0.25, 0.3) is 11.4 Å². The normalized spacial score (nSPS) is 16.5. The highest BCUT2D eigenvalue weighted by atomic mass is 14.9. The van der Waals surface area contributed by atoms with Crippen LogP contribution in [0.2, 0.25) is 0 Å². The van der Waals surface area contributed by atoms with Crippen molar-refractivity contribution >= 4 is 0 Å². The fourth-order valence-corrected chi connectivity index (χ4v) is 4.07. The van der Waals surface area contributed by atoms with Gasteiger partial charge in [0.15, 0.2) is 5.82 Å². The molecule has 1 aromatic heterocycles. The van der Waals surface area contributed by atoms with Crippen molar-refractivity contribution in [2.24, 2.45) is 5.92 Å². The summed E-state index contributed by atoms with van der Waals surface area (Å²) in [7, 11) is 0. The van der Waals surface area contributed by atoms with Gasteiger partial charge >= 0.3 is 0 Å². The number of nitrogens with zero attached hydrogens (tertiary/aromatic N) is 2. The third-order valence-corrected chi connectivity index (χ3v) is 5.84. The highest BCUT2D eigenvalue weighted by molar-refractivity contribution is 5.55. The molecule has 26 heavy (non-hydrogen) atoms. The van der Waals surface area contributed by atoms with Crippen molar-refractivity contribution in [1.29, 1.82) is 0 Å². The third-order valence-electron chi connectivity index (χ3n) is 5.84. The van der Waals surface area contributed by atoms with Gasteiger partial charge in [-0.1, -0.05) is 83.1 Å². The largest absolute Gasteiger partial charge is 0.236 e. The first kappa shape index (κ1) is 19.1. The molecule has 0 amide bonds. The summed E-state index contributed by atoms with van der Waals surface area (Å²) in [6, 6.07) is 8.69. The molecule has 2 aromatic rings. The summed E-state index contributed by atoms with van der Waals surface area (Å²) in [6.45, 7) is 4.47. The Bertz CT molecular complexity index is 675. The Hall–Kier alpha value is -1.70. The number of hydrogen-bond donors (Lipinski definition) is 0. The Kier molecular flexibility index (Phi) is 7.22. The van der Waals surface area contributed by atoms with Crippen molar-refractivity contribution in [3.05, 3.63) is 47.3 Å². The molecule has 3 rings (SSSR count). The van der Waals surface area contributed by atoms with Gasteiger partial charge in [0.25, 0.3) is 0 Å². The average molecular weight is 351 g/mol. The van der Waals surface area contributed by atoms with Gasteiger partial charge in [-0.05, 0) is 42.7 Å². The Morgan fingerprint density at radius 3 is 2.50 bits per heavy atom. The fourth-order valence-electron chi connectivity index (χ4n) is 4.07. The van der Waals surface area contributed by atoms with Gasteiger partial charge in [-0.15, -0.1) is 0 Å². The number of hydrogen-bond acceptors (Lipinski definition) is 2. The molecule has 0 spiro atoms. The van der Waals surface area contributed by atoms with Crippen molar-refractivity contribution in [2.75, 3.05) is 0 Å². The molecule has 2 heteroatoms. The molecule has 0 aliphatic heterocycles. The minimum atomic E-state index is 0.840. The van der Waals surface area contributed by atoms with E-state index >= 15 is 0 Å². The van der Waals surface area contributed by atoms with Crippen LogP contribution in [0.4, 0.5) is 0 Å². The summed E-state index contributed by atoms with van der Waals surface area (Å²) in [5, 5.41) is 0. The molecule has 1 unspecified atom stereocenters. The van der Waals surface area contributed by atoms with Gasteiger partial charge in [0.2, 0.25) is 0 Å².